The molecule has 0 spiro atoms. The van der Waals surface area contributed by atoms with E-state index in [9.17, 15) is 18.0 Å². The summed E-state index contributed by atoms with van der Waals surface area (Å²) in [7, 11) is 2.56. The molecule has 2 rings (SSSR count). The Balaban J connectivity index is 2.30. The average molecular weight is 410 g/mol. The van der Waals surface area contributed by atoms with Crippen LogP contribution in [0.25, 0.3) is 0 Å². The van der Waals surface area contributed by atoms with Crippen molar-refractivity contribution in [2.75, 3.05) is 13.8 Å². The molecule has 1 atom stereocenters. The van der Waals surface area contributed by atoms with E-state index >= 15 is 0 Å². The molecule has 5 nitrogen and oxygen atoms in total. The van der Waals surface area contributed by atoms with Crippen molar-refractivity contribution < 1.29 is 22.8 Å². The van der Waals surface area contributed by atoms with Crippen LogP contribution in [0.1, 0.15) is 28.0 Å². The molecule has 1 heterocycles. The number of aryl methyl sites for hydroxylation is 1. The molecule has 2 aromatic rings. The molecule has 0 saturated carbocycles. The summed E-state index contributed by atoms with van der Waals surface area (Å²) in [4.78, 5) is 17.6. The number of hydrogen-bond acceptors (Lipinski definition) is 3. The van der Waals surface area contributed by atoms with E-state index in [1.54, 1.807) is 12.1 Å². The number of amides is 1. The van der Waals surface area contributed by atoms with Gasteiger partial charge in [0.15, 0.2) is 0 Å². The molecule has 0 bridgehead atoms. The van der Waals surface area contributed by atoms with Crippen molar-refractivity contribution in [2.45, 2.75) is 18.9 Å². The average Bonchev–Trinajstić information content (AvgIpc) is 2.98. The van der Waals surface area contributed by atoms with Gasteiger partial charge in [0.25, 0.3) is 12.3 Å². The van der Waals surface area contributed by atoms with E-state index in [4.69, 9.17) is 28.0 Å². The smallest absolute Gasteiger partial charge is 0.275 e. The Kier molecular flexibility index (Phi) is 6.91. The highest BCUT2D eigenvalue weighted by Gasteiger charge is 2.31. The van der Waals surface area contributed by atoms with Crippen LogP contribution in [-0.4, -0.2) is 40.6 Å². The standard InChI is InChI=1S/C16H16Cl2F3N3O2/c1-23-8-12(14(22-23)15(20)21)16(25)24(26-2)11(7-19)5-9-3-4-10(17)6-13(9)18/h3-4,6,8,11,15H,5,7H2,1-2H3. The Hall–Kier alpha value is -1.77. The Morgan fingerprint density at radius 2 is 2.08 bits per heavy atom. The van der Waals surface area contributed by atoms with E-state index in [2.05, 4.69) is 5.10 Å². The minimum absolute atomic E-state index is 0.0103. The number of hydroxylamine groups is 2. The van der Waals surface area contributed by atoms with Crippen LogP contribution in [0.2, 0.25) is 10.0 Å². The summed E-state index contributed by atoms with van der Waals surface area (Å²) in [6, 6.07) is 3.59. The molecule has 0 saturated heterocycles. The minimum Gasteiger partial charge on any atom is -0.275 e. The molecule has 0 aliphatic rings. The Bertz CT molecular complexity index is 786. The number of carbonyl (C=O) groups is 1. The van der Waals surface area contributed by atoms with E-state index in [0.29, 0.717) is 20.7 Å². The van der Waals surface area contributed by atoms with Crippen molar-refractivity contribution in [3.63, 3.8) is 0 Å². The lowest BCUT2D eigenvalue weighted by molar-refractivity contribution is -0.127. The maximum atomic E-state index is 13.6. The topological polar surface area (TPSA) is 47.4 Å². The molecule has 26 heavy (non-hydrogen) atoms. The van der Waals surface area contributed by atoms with Gasteiger partial charge in [0.1, 0.15) is 12.4 Å². The number of alkyl halides is 3. The van der Waals surface area contributed by atoms with Crippen LogP contribution in [-0.2, 0) is 18.3 Å². The van der Waals surface area contributed by atoms with Gasteiger partial charge in [-0.25, -0.2) is 18.2 Å². The number of hydrogen-bond donors (Lipinski definition) is 0. The van der Waals surface area contributed by atoms with Crippen LogP contribution in [0.4, 0.5) is 13.2 Å². The van der Waals surface area contributed by atoms with Crippen molar-refractivity contribution in [3.8, 4) is 0 Å². The first-order valence-corrected chi connectivity index (χ1v) is 8.23. The largest absolute Gasteiger partial charge is 0.282 e. The second-order valence-corrected chi connectivity index (χ2v) is 6.31. The third-order valence-electron chi connectivity index (χ3n) is 3.67. The summed E-state index contributed by atoms with van der Waals surface area (Å²) in [5, 5.41) is 5.00. The maximum absolute atomic E-state index is 13.6. The van der Waals surface area contributed by atoms with Gasteiger partial charge in [-0.3, -0.25) is 14.3 Å². The van der Waals surface area contributed by atoms with Gasteiger partial charge < -0.3 is 0 Å². The van der Waals surface area contributed by atoms with Gasteiger partial charge in [0, 0.05) is 23.3 Å². The van der Waals surface area contributed by atoms with Crippen molar-refractivity contribution in [2.24, 2.45) is 7.05 Å². The molecule has 0 fully saturated rings. The third kappa shape index (κ3) is 4.49. The number of aromatic nitrogens is 2. The highest BCUT2D eigenvalue weighted by molar-refractivity contribution is 6.35. The Morgan fingerprint density at radius 1 is 1.38 bits per heavy atom. The monoisotopic (exact) mass is 409 g/mol. The van der Waals surface area contributed by atoms with E-state index < -0.39 is 30.7 Å². The highest BCUT2D eigenvalue weighted by atomic mass is 35.5. The quantitative estimate of drug-likeness (QED) is 0.642. The summed E-state index contributed by atoms with van der Waals surface area (Å²) in [5.74, 6) is -0.913. The lowest BCUT2D eigenvalue weighted by atomic mass is 10.1. The highest BCUT2D eigenvalue weighted by Crippen LogP contribution is 2.26. The fourth-order valence-corrected chi connectivity index (χ4v) is 2.97. The van der Waals surface area contributed by atoms with Gasteiger partial charge in [-0.05, 0) is 24.1 Å². The minimum atomic E-state index is -2.96. The fourth-order valence-electron chi connectivity index (χ4n) is 2.49. The Labute approximate surface area is 158 Å². The number of halogens is 5. The number of carbonyl (C=O) groups excluding carboxylic acids is 1. The molecule has 1 aromatic heterocycles. The first kappa shape index (κ1) is 20.5. The van der Waals surface area contributed by atoms with E-state index in [-0.39, 0.29) is 12.0 Å². The van der Waals surface area contributed by atoms with Crippen LogP contribution in [0, 0.1) is 0 Å². The van der Waals surface area contributed by atoms with Crippen LogP contribution in [0.3, 0.4) is 0 Å². The van der Waals surface area contributed by atoms with E-state index in [1.165, 1.54) is 13.1 Å². The molecular formula is C16H16Cl2F3N3O2. The van der Waals surface area contributed by atoms with Crippen LogP contribution < -0.4 is 0 Å². The van der Waals surface area contributed by atoms with E-state index in [1.807, 2.05) is 0 Å². The number of benzene rings is 1. The molecule has 1 unspecified atom stereocenters. The number of nitrogens with zero attached hydrogens (tertiary/aromatic N) is 3. The summed E-state index contributed by atoms with van der Waals surface area (Å²) in [6.45, 7) is -0.969. The van der Waals surface area contributed by atoms with Crippen molar-refractivity contribution in [1.29, 1.82) is 0 Å². The molecule has 0 aliphatic carbocycles. The number of rotatable bonds is 7. The zero-order valence-electron chi connectivity index (χ0n) is 13.9. The fraction of sp³-hybridized carbons (Fsp3) is 0.375. The second-order valence-electron chi connectivity index (χ2n) is 5.46. The normalized spacial score (nSPS) is 12.5. The van der Waals surface area contributed by atoms with Gasteiger partial charge in [-0.15, -0.1) is 0 Å². The summed E-state index contributed by atoms with van der Waals surface area (Å²) in [5.41, 5.74) is -0.513. The van der Waals surface area contributed by atoms with Crippen LogP contribution in [0.5, 0.6) is 0 Å². The van der Waals surface area contributed by atoms with Gasteiger partial charge in [0.05, 0.1) is 18.7 Å². The molecule has 1 aromatic carbocycles. The molecule has 10 heteroatoms. The van der Waals surface area contributed by atoms with Gasteiger partial charge in [-0.2, -0.15) is 5.10 Å². The zero-order valence-corrected chi connectivity index (χ0v) is 15.4. The lowest BCUT2D eigenvalue weighted by Crippen LogP contribution is -2.42. The van der Waals surface area contributed by atoms with Crippen LogP contribution >= 0.6 is 23.2 Å². The van der Waals surface area contributed by atoms with Gasteiger partial charge >= 0.3 is 0 Å². The molecule has 0 N–H and O–H groups in total. The molecular weight excluding hydrogens is 394 g/mol. The molecule has 0 radical (unpaired) electrons. The van der Waals surface area contributed by atoms with E-state index in [0.717, 1.165) is 18.0 Å². The first-order valence-electron chi connectivity index (χ1n) is 7.47. The third-order valence-corrected chi connectivity index (χ3v) is 4.26. The van der Waals surface area contributed by atoms with Gasteiger partial charge in [0.2, 0.25) is 0 Å². The van der Waals surface area contributed by atoms with Crippen LogP contribution in [0.15, 0.2) is 24.4 Å². The molecule has 1 amide bonds. The first-order chi connectivity index (χ1) is 12.3. The Morgan fingerprint density at radius 3 is 2.62 bits per heavy atom. The van der Waals surface area contributed by atoms with Crippen molar-refractivity contribution in [1.82, 2.24) is 14.8 Å². The van der Waals surface area contributed by atoms with Crippen molar-refractivity contribution in [3.05, 3.63) is 51.3 Å². The predicted molar refractivity (Wildman–Crippen MR) is 91.3 cm³/mol. The zero-order chi connectivity index (χ0) is 19.4. The summed E-state index contributed by atoms with van der Waals surface area (Å²) < 4.78 is 40.9. The predicted octanol–water partition coefficient (Wildman–Crippen LogP) is 4.25. The maximum Gasteiger partial charge on any atom is 0.282 e. The summed E-state index contributed by atoms with van der Waals surface area (Å²) >= 11 is 11.9. The van der Waals surface area contributed by atoms with Crippen molar-refractivity contribution >= 4 is 29.1 Å². The second kappa shape index (κ2) is 8.75. The SMILES string of the molecule is CON(C(=O)c1cn(C)nc1C(F)F)C(CF)Cc1ccc(Cl)cc1Cl. The van der Waals surface area contributed by atoms with Gasteiger partial charge in [-0.1, -0.05) is 29.3 Å². The summed E-state index contributed by atoms with van der Waals surface area (Å²) in [6.07, 6.45) is -1.81. The molecule has 0 aliphatic heterocycles. The lowest BCUT2D eigenvalue weighted by Gasteiger charge is -2.27. The molecule has 142 valence electrons.